The molecule has 1 N–H and O–H groups in total. The summed E-state index contributed by atoms with van der Waals surface area (Å²) >= 11 is 6.07. The van der Waals surface area contributed by atoms with Gasteiger partial charge in [-0.3, -0.25) is 14.7 Å². The third kappa shape index (κ3) is 3.58. The highest BCUT2D eigenvalue weighted by Gasteiger charge is 2.31. The van der Waals surface area contributed by atoms with Crippen molar-refractivity contribution in [2.45, 2.75) is 76.5 Å². The molecule has 3 heterocycles. The number of hydrogen-bond donors (Lipinski definition) is 1. The molecule has 0 bridgehead atoms. The number of anilines is 1. The Morgan fingerprint density at radius 2 is 2.12 bits per heavy atom. The molecular formula is C19H25ClN4O2. The summed E-state index contributed by atoms with van der Waals surface area (Å²) in [6.45, 7) is 4.17. The third-order valence-corrected chi connectivity index (χ3v) is 5.61. The molecule has 1 amide bonds. The Morgan fingerprint density at radius 3 is 2.81 bits per heavy atom. The first kappa shape index (κ1) is 17.7. The Labute approximate surface area is 158 Å². The van der Waals surface area contributed by atoms with Gasteiger partial charge in [0.15, 0.2) is 5.65 Å². The molecule has 6 nitrogen and oxygen atoms in total. The number of ether oxygens (including phenoxy) is 1. The molecule has 4 rings (SSSR count). The highest BCUT2D eigenvalue weighted by atomic mass is 35.5. The van der Waals surface area contributed by atoms with Gasteiger partial charge < -0.3 is 4.74 Å². The fourth-order valence-corrected chi connectivity index (χ4v) is 4.02. The van der Waals surface area contributed by atoms with E-state index >= 15 is 0 Å². The average molecular weight is 377 g/mol. The smallest absolute Gasteiger partial charge is 0.229 e. The Hall–Kier alpha value is -1.66. The summed E-state index contributed by atoms with van der Waals surface area (Å²) in [6, 6.07) is 3.90. The van der Waals surface area contributed by atoms with Crippen LogP contribution in [0.2, 0.25) is 5.15 Å². The van der Waals surface area contributed by atoms with E-state index < -0.39 is 0 Å². The highest BCUT2D eigenvalue weighted by Crippen LogP contribution is 2.37. The molecular weight excluding hydrogens is 352 g/mol. The molecule has 1 aliphatic carbocycles. The van der Waals surface area contributed by atoms with Gasteiger partial charge in [-0.15, -0.1) is 0 Å². The number of nitrogens with zero attached hydrogens (tertiary/aromatic N) is 3. The van der Waals surface area contributed by atoms with Gasteiger partial charge >= 0.3 is 0 Å². The topological polar surface area (TPSA) is 69.0 Å². The molecule has 2 aromatic heterocycles. The van der Waals surface area contributed by atoms with E-state index in [-0.39, 0.29) is 17.6 Å². The predicted octanol–water partition coefficient (Wildman–Crippen LogP) is 4.49. The van der Waals surface area contributed by atoms with Gasteiger partial charge in [0.05, 0.1) is 18.1 Å². The molecule has 26 heavy (non-hydrogen) atoms. The lowest BCUT2D eigenvalue weighted by Gasteiger charge is -2.35. The number of rotatable bonds is 4. The number of hydrogen-bond acceptors (Lipinski definition) is 4. The fraction of sp³-hybridized carbons (Fsp3) is 0.632. The van der Waals surface area contributed by atoms with E-state index in [2.05, 4.69) is 29.1 Å². The first-order chi connectivity index (χ1) is 12.4. The van der Waals surface area contributed by atoms with Crippen molar-refractivity contribution in [3.05, 3.63) is 17.3 Å². The SMILES string of the molecule is CC1(C)CCCC(CC(=O)Nc2nc3ccc(Cl)nc3n2C2CCC2)O1. The number of fused-ring (bicyclic) bond motifs is 1. The summed E-state index contributed by atoms with van der Waals surface area (Å²) in [5.74, 6) is 0.509. The Bertz CT molecular complexity index is 828. The number of amides is 1. The maximum atomic E-state index is 12.6. The van der Waals surface area contributed by atoms with Crippen molar-refractivity contribution < 1.29 is 9.53 Å². The Morgan fingerprint density at radius 1 is 1.31 bits per heavy atom. The number of imidazole rings is 1. The normalized spacial score (nSPS) is 23.0. The second-order valence-corrected chi connectivity index (χ2v) is 8.40. The molecule has 0 radical (unpaired) electrons. The predicted molar refractivity (Wildman–Crippen MR) is 101 cm³/mol. The van der Waals surface area contributed by atoms with Gasteiger partial charge in [0, 0.05) is 6.04 Å². The van der Waals surface area contributed by atoms with E-state index in [0.717, 1.165) is 43.3 Å². The second-order valence-electron chi connectivity index (χ2n) is 8.01. The summed E-state index contributed by atoms with van der Waals surface area (Å²) in [6.07, 6.45) is 6.70. The zero-order chi connectivity index (χ0) is 18.3. The molecule has 2 aromatic rings. The maximum Gasteiger partial charge on any atom is 0.229 e. The molecule has 1 atom stereocenters. The zero-order valence-corrected chi connectivity index (χ0v) is 16.1. The number of aromatic nitrogens is 3. The second kappa shape index (κ2) is 6.82. The monoisotopic (exact) mass is 376 g/mol. The minimum atomic E-state index is -0.150. The van der Waals surface area contributed by atoms with Gasteiger partial charge in [0.25, 0.3) is 0 Å². The van der Waals surface area contributed by atoms with Gasteiger partial charge in [-0.2, -0.15) is 0 Å². The van der Waals surface area contributed by atoms with E-state index in [1.807, 2.05) is 10.6 Å². The standard InChI is InChI=1S/C19H25ClN4O2/c1-19(2)10-4-7-13(26-19)11-16(25)23-18-21-14-8-9-15(20)22-17(14)24(18)12-5-3-6-12/h8-9,12-13H,3-7,10-11H2,1-2H3,(H,21,23,25). The van der Waals surface area contributed by atoms with Crippen LogP contribution in [0.4, 0.5) is 5.95 Å². The lowest BCUT2D eigenvalue weighted by Crippen LogP contribution is -2.37. The van der Waals surface area contributed by atoms with Crippen molar-refractivity contribution in [1.82, 2.24) is 14.5 Å². The molecule has 0 aromatic carbocycles. The van der Waals surface area contributed by atoms with Crippen LogP contribution < -0.4 is 5.32 Å². The number of carbonyl (C=O) groups is 1. The minimum Gasteiger partial charge on any atom is -0.372 e. The molecule has 1 unspecified atom stereocenters. The van der Waals surface area contributed by atoms with Crippen LogP contribution in [0.1, 0.15) is 64.8 Å². The van der Waals surface area contributed by atoms with Crippen molar-refractivity contribution in [3.8, 4) is 0 Å². The third-order valence-electron chi connectivity index (χ3n) is 5.40. The summed E-state index contributed by atoms with van der Waals surface area (Å²) in [7, 11) is 0. The van der Waals surface area contributed by atoms with Crippen LogP contribution in [0.5, 0.6) is 0 Å². The molecule has 1 aliphatic heterocycles. The van der Waals surface area contributed by atoms with Gasteiger partial charge in [0.2, 0.25) is 11.9 Å². The van der Waals surface area contributed by atoms with Gasteiger partial charge in [0.1, 0.15) is 10.7 Å². The van der Waals surface area contributed by atoms with Crippen LogP contribution in [-0.4, -0.2) is 32.1 Å². The van der Waals surface area contributed by atoms with Crippen molar-refractivity contribution in [2.75, 3.05) is 5.32 Å². The van der Waals surface area contributed by atoms with Crippen molar-refractivity contribution >= 4 is 34.6 Å². The molecule has 1 saturated heterocycles. The van der Waals surface area contributed by atoms with Crippen LogP contribution >= 0.6 is 11.6 Å². The highest BCUT2D eigenvalue weighted by molar-refractivity contribution is 6.29. The Balaban J connectivity index is 1.54. The molecule has 1 saturated carbocycles. The van der Waals surface area contributed by atoms with Crippen molar-refractivity contribution in [2.24, 2.45) is 0 Å². The lowest BCUT2D eigenvalue weighted by molar-refractivity contribution is -0.131. The van der Waals surface area contributed by atoms with E-state index in [9.17, 15) is 4.79 Å². The minimum absolute atomic E-state index is 0.0344. The van der Waals surface area contributed by atoms with Crippen molar-refractivity contribution in [3.63, 3.8) is 0 Å². The largest absolute Gasteiger partial charge is 0.372 e. The first-order valence-electron chi connectivity index (χ1n) is 9.43. The van der Waals surface area contributed by atoms with E-state index in [1.54, 1.807) is 6.07 Å². The number of carbonyl (C=O) groups excluding carboxylic acids is 1. The number of halogens is 1. The number of pyridine rings is 1. The molecule has 140 valence electrons. The Kier molecular flexibility index (Phi) is 4.65. The molecule has 2 aliphatic rings. The van der Waals surface area contributed by atoms with Crippen LogP contribution in [0, 0.1) is 0 Å². The fourth-order valence-electron chi connectivity index (χ4n) is 3.88. The van der Waals surface area contributed by atoms with Crippen LogP contribution in [0.3, 0.4) is 0 Å². The van der Waals surface area contributed by atoms with Gasteiger partial charge in [-0.1, -0.05) is 11.6 Å². The summed E-state index contributed by atoms with van der Waals surface area (Å²) in [4.78, 5) is 21.6. The average Bonchev–Trinajstić information content (AvgIpc) is 2.82. The maximum absolute atomic E-state index is 12.6. The summed E-state index contributed by atoms with van der Waals surface area (Å²) in [5, 5.41) is 3.43. The molecule has 2 fully saturated rings. The molecule has 0 spiro atoms. The van der Waals surface area contributed by atoms with Crippen LogP contribution in [0.25, 0.3) is 11.2 Å². The van der Waals surface area contributed by atoms with E-state index in [0.29, 0.717) is 23.6 Å². The first-order valence-corrected chi connectivity index (χ1v) is 9.81. The summed E-state index contributed by atoms with van der Waals surface area (Å²) in [5.41, 5.74) is 1.35. The number of nitrogens with one attached hydrogen (secondary N) is 1. The van der Waals surface area contributed by atoms with Crippen molar-refractivity contribution in [1.29, 1.82) is 0 Å². The quantitative estimate of drug-likeness (QED) is 0.798. The van der Waals surface area contributed by atoms with Crippen LogP contribution in [-0.2, 0) is 9.53 Å². The van der Waals surface area contributed by atoms with Gasteiger partial charge in [-0.05, 0) is 64.5 Å². The lowest BCUT2D eigenvalue weighted by atomic mass is 9.93. The van der Waals surface area contributed by atoms with Crippen LogP contribution in [0.15, 0.2) is 12.1 Å². The summed E-state index contributed by atoms with van der Waals surface area (Å²) < 4.78 is 8.08. The van der Waals surface area contributed by atoms with E-state index in [4.69, 9.17) is 16.3 Å². The van der Waals surface area contributed by atoms with Gasteiger partial charge in [-0.25, -0.2) is 9.97 Å². The zero-order valence-electron chi connectivity index (χ0n) is 15.3. The van der Waals surface area contributed by atoms with E-state index in [1.165, 1.54) is 6.42 Å². The molecule has 7 heteroatoms.